The van der Waals surface area contributed by atoms with E-state index in [0.29, 0.717) is 6.42 Å². The van der Waals surface area contributed by atoms with Gasteiger partial charge in [-0.05, 0) is 97.6 Å². The number of phenolic OH excluding ortho intramolecular Hbond substituents is 1. The second-order valence-corrected chi connectivity index (χ2v) is 27.2. The van der Waals surface area contributed by atoms with Gasteiger partial charge in [-0.15, -0.1) is 0 Å². The number of primary amides is 1. The van der Waals surface area contributed by atoms with E-state index in [-0.39, 0.29) is 87.9 Å². The van der Waals surface area contributed by atoms with Crippen molar-refractivity contribution < 1.29 is 113 Å². The van der Waals surface area contributed by atoms with E-state index in [1.165, 1.54) is 39.2 Å². The lowest BCUT2D eigenvalue weighted by Crippen LogP contribution is -2.67. The van der Waals surface area contributed by atoms with E-state index in [1.807, 2.05) is 20.8 Å². The summed E-state index contributed by atoms with van der Waals surface area (Å²) in [5, 5.41) is 132. The van der Waals surface area contributed by atoms with Crippen molar-refractivity contribution in [3.63, 3.8) is 0 Å². The molecule has 1 aromatic carbocycles. The first-order valence-corrected chi connectivity index (χ1v) is 31.8. The van der Waals surface area contributed by atoms with Crippen molar-refractivity contribution in [3.05, 3.63) is 46.2 Å². The maximum absolute atomic E-state index is 14.3. The second kappa shape index (κ2) is 29.8. The lowest BCUT2D eigenvalue weighted by atomic mass is 9.54. The highest BCUT2D eigenvalue weighted by Crippen LogP contribution is 2.57. The fraction of sp³-hybridized carbons (Fsp3) is 0.750. The quantitative estimate of drug-likeness (QED) is 0.0573. The van der Waals surface area contributed by atoms with Crippen LogP contribution in [0.2, 0.25) is 0 Å². The first-order chi connectivity index (χ1) is 42.7. The van der Waals surface area contributed by atoms with Gasteiger partial charge in [0.25, 0.3) is 5.91 Å². The second-order valence-electron chi connectivity index (χ2n) is 27.2. The number of carbonyl (C=O) groups excluding carboxylic acids is 5. The number of cyclic esters (lactones) is 1. The van der Waals surface area contributed by atoms with Gasteiger partial charge in [-0.3, -0.25) is 28.8 Å². The number of ketones is 2. The average molecular weight is 1310 g/mol. The van der Waals surface area contributed by atoms with Crippen LogP contribution in [-0.4, -0.2) is 221 Å². The van der Waals surface area contributed by atoms with E-state index < -0.39 is 195 Å². The molecule has 3 aliphatic heterocycles. The van der Waals surface area contributed by atoms with E-state index in [9.17, 15) is 79.8 Å². The van der Waals surface area contributed by atoms with Gasteiger partial charge < -0.3 is 112 Å². The molecule has 28 heteroatoms. The lowest BCUT2D eigenvalue weighted by molar-refractivity contribution is -0.318. The van der Waals surface area contributed by atoms with Crippen molar-refractivity contribution in [1.82, 2.24) is 16.0 Å². The molecule has 520 valence electrons. The summed E-state index contributed by atoms with van der Waals surface area (Å²) in [5.41, 5.74) is 0.0440. The number of aliphatic hydroxyl groups excluding tert-OH is 5. The minimum atomic E-state index is -2.79. The normalized spacial score (nSPS) is 41.2. The molecule has 8 unspecified atom stereocenters. The molecule has 0 radical (unpaired) electrons. The number of aliphatic hydroxyl groups is 9. The van der Waals surface area contributed by atoms with Gasteiger partial charge >= 0.3 is 11.9 Å². The Morgan fingerprint density at radius 3 is 2.05 bits per heavy atom. The zero-order chi connectivity index (χ0) is 69.2. The maximum Gasteiger partial charge on any atom is 0.311 e. The molecule has 7 rings (SSSR count). The molecule has 92 heavy (non-hydrogen) atoms. The summed E-state index contributed by atoms with van der Waals surface area (Å²) in [4.78, 5) is 76.2. The minimum absolute atomic E-state index is 0.0332. The molecule has 18 N–H and O–H groups in total. The van der Waals surface area contributed by atoms with Crippen molar-refractivity contribution in [2.45, 2.75) is 230 Å². The van der Waals surface area contributed by atoms with Crippen molar-refractivity contribution in [2.24, 2.45) is 52.9 Å². The SMILES string of the molecule is CC[C@H]1OC(=O)[C@H](C)[C@@H](OC2CC(C)(OC)C(O)C(C)O2)[C@H](C)[C@@H](OC2OC(C)CC(C)C2O)[C@](C)(O)C[C@@H](C)[C@H](NCCNC(=O)CCC(=O)O)[C@H](C)[C@@H](O)[C@]1(C)O.C[C@@]1(O)c2cccc(O)c2C(O)=C2C(=O)[C@]3(O)C(O)=C(C(N)=O)C(=O)[C@@H](NCCN)[C@@H]3C[C@@H]21. The molecule has 28 nitrogen and oxygen atoms in total. The third-order valence-corrected chi connectivity index (χ3v) is 20.2. The van der Waals surface area contributed by atoms with E-state index in [4.69, 9.17) is 45.0 Å². The number of esters is 1. The number of carboxylic acid groups (broad SMARTS) is 1. The Labute approximate surface area is 536 Å². The number of hydrogen-bond acceptors (Lipinski definition) is 25. The fourth-order valence-electron chi connectivity index (χ4n) is 14.9. The van der Waals surface area contributed by atoms with Crippen LogP contribution in [-0.2, 0) is 62.8 Å². The number of aliphatic carboxylic acids is 1. The minimum Gasteiger partial charge on any atom is -0.508 e. The van der Waals surface area contributed by atoms with Crippen molar-refractivity contribution >= 4 is 41.1 Å². The van der Waals surface area contributed by atoms with Crippen LogP contribution in [0, 0.1) is 41.4 Å². The van der Waals surface area contributed by atoms with Crippen molar-refractivity contribution in [3.8, 4) is 5.75 Å². The Hall–Kier alpha value is -5.28. The van der Waals surface area contributed by atoms with Gasteiger partial charge in [0.1, 0.15) is 46.8 Å². The molecule has 0 bridgehead atoms. The molecular weight excluding hydrogens is 1210 g/mol. The molecule has 4 fully saturated rings. The molecule has 24 atom stereocenters. The summed E-state index contributed by atoms with van der Waals surface area (Å²) in [7, 11) is 1.48. The number of nitrogens with two attached hydrogens (primary N) is 2. The first kappa shape index (κ1) is 75.7. The van der Waals surface area contributed by atoms with Crippen LogP contribution >= 0.6 is 0 Å². The number of Topliss-reactive ketones (excluding diaryl/α,β-unsaturated/α-hetero) is 2. The maximum atomic E-state index is 14.3. The van der Waals surface area contributed by atoms with Gasteiger partial charge in [0.2, 0.25) is 11.7 Å². The van der Waals surface area contributed by atoms with E-state index in [2.05, 4.69) is 16.0 Å². The van der Waals surface area contributed by atoms with Gasteiger partial charge in [-0.1, -0.05) is 46.8 Å². The lowest BCUT2D eigenvalue weighted by Gasteiger charge is -2.52. The number of carbonyl (C=O) groups is 6. The summed E-state index contributed by atoms with van der Waals surface area (Å²) in [5.74, 6) is -13.7. The topological polar surface area (TPSA) is 468 Å². The Morgan fingerprint density at radius 2 is 1.46 bits per heavy atom. The largest absolute Gasteiger partial charge is 0.508 e. The number of phenols is 1. The molecule has 3 saturated heterocycles. The number of benzene rings is 1. The Kier molecular flexibility index (Phi) is 24.5. The number of hydrogen-bond donors (Lipinski definition) is 16. The van der Waals surface area contributed by atoms with Crippen LogP contribution in [0.15, 0.2) is 35.1 Å². The highest BCUT2D eigenvalue weighted by Gasteiger charge is 2.66. The van der Waals surface area contributed by atoms with Crippen LogP contribution in [0.25, 0.3) is 5.76 Å². The number of methoxy groups -OCH3 is 1. The van der Waals surface area contributed by atoms with Gasteiger partial charge in [-0.25, -0.2) is 0 Å². The molecule has 1 aromatic rings. The number of carboxylic acids is 1. The molecule has 1 saturated carbocycles. The molecular formula is C64H101N5O23. The third-order valence-electron chi connectivity index (χ3n) is 20.2. The number of aromatic hydroxyl groups is 1. The molecule has 0 spiro atoms. The van der Waals surface area contributed by atoms with Gasteiger partial charge in [0, 0.05) is 81.4 Å². The van der Waals surface area contributed by atoms with Crippen LogP contribution in [0.5, 0.6) is 5.75 Å². The molecule has 2 amide bonds. The standard InChI is InChI=1S/C42H76N2O15.C22H25N3O8/c1-13-28-42(11,53)35(49)24(5)32(44-17-16-43-29(45)14-15-30(46)47)22(3)19-40(9,52)37(59-39-33(48)21(2)18-23(4)55-39)25(6)34(26(7)38(51)57-28)58-31-20-41(10,54-12)36(50)27(8)56-31;1-21(32)8-3-2-4-11(26)12(8)16(27)13-9(21)7-10-15(25-6-5-23)17(28)14(20(24)31)19(30)22(10,33)18(13)29/h21-28,31-37,39,44,48-50,52-53H,13-20H2,1-12H3,(H,43,45)(H,46,47);2-4,9-10,15,25-27,30,32-33H,5-7,23H2,1H3,(H2,24,31)/t21?,22-,23?,24+,25+,26-,27?,28-,31?,32+,33?,34+,35-,36?,37-,39?,40-,41?,42-;9-,10-,15-,21+,22-/m10/s1. The summed E-state index contributed by atoms with van der Waals surface area (Å²) in [6.45, 7) is 20.8. The first-order valence-electron chi connectivity index (χ1n) is 31.8. The Morgan fingerprint density at radius 1 is 0.804 bits per heavy atom. The Balaban J connectivity index is 0.000000341. The number of rotatable bonds is 17. The smallest absolute Gasteiger partial charge is 0.311 e. The van der Waals surface area contributed by atoms with E-state index in [0.717, 1.165) is 0 Å². The van der Waals surface area contributed by atoms with E-state index in [1.54, 1.807) is 48.5 Å². The molecule has 6 aliphatic rings. The van der Waals surface area contributed by atoms with Crippen LogP contribution in [0.3, 0.4) is 0 Å². The Bertz CT molecular complexity index is 2900. The predicted octanol–water partition coefficient (Wildman–Crippen LogP) is 0.477. The average Bonchev–Trinajstić information content (AvgIpc) is 0.693. The van der Waals surface area contributed by atoms with Crippen LogP contribution in [0.4, 0.5) is 0 Å². The number of nitrogens with one attached hydrogen (secondary N) is 3. The monoisotopic (exact) mass is 1310 g/mol. The summed E-state index contributed by atoms with van der Waals surface area (Å²) < 4.78 is 37.5. The number of amides is 2. The highest BCUT2D eigenvalue weighted by molar-refractivity contribution is 6.24. The number of fused-ring (bicyclic) bond motifs is 3. The van der Waals surface area contributed by atoms with Crippen molar-refractivity contribution in [1.29, 1.82) is 0 Å². The van der Waals surface area contributed by atoms with Crippen LogP contribution < -0.4 is 27.4 Å². The summed E-state index contributed by atoms with van der Waals surface area (Å²) in [6, 6.07) is 2.25. The van der Waals surface area contributed by atoms with Crippen molar-refractivity contribution in [2.75, 3.05) is 33.3 Å². The predicted molar refractivity (Wildman–Crippen MR) is 328 cm³/mol. The van der Waals surface area contributed by atoms with E-state index >= 15 is 0 Å². The summed E-state index contributed by atoms with van der Waals surface area (Å²) >= 11 is 0. The third kappa shape index (κ3) is 15.2. The van der Waals surface area contributed by atoms with Gasteiger partial charge in [-0.2, -0.15) is 0 Å². The van der Waals surface area contributed by atoms with Gasteiger partial charge in [0.15, 0.2) is 24.0 Å². The zero-order valence-electron chi connectivity index (χ0n) is 55.0. The number of ether oxygens (including phenoxy) is 6. The van der Waals surface area contributed by atoms with Gasteiger partial charge in [0.05, 0.1) is 71.3 Å². The zero-order valence-corrected chi connectivity index (χ0v) is 55.0. The summed E-state index contributed by atoms with van der Waals surface area (Å²) in [6.07, 6.45) is -9.94. The fourth-order valence-corrected chi connectivity index (χ4v) is 14.9. The van der Waals surface area contributed by atoms with Crippen LogP contribution in [0.1, 0.15) is 139 Å². The highest BCUT2D eigenvalue weighted by atomic mass is 16.7. The molecule has 0 aromatic heterocycles. The molecule has 3 aliphatic carbocycles. The molecule has 3 heterocycles.